The maximum atomic E-state index is 5.55. The number of benzene rings is 1. The summed E-state index contributed by atoms with van der Waals surface area (Å²) in [6, 6.07) is 8.33. The fraction of sp³-hybridized carbons (Fsp3) is 0.500. The number of thiazole rings is 1. The summed E-state index contributed by atoms with van der Waals surface area (Å²) in [5.41, 5.74) is 2.59. The van der Waals surface area contributed by atoms with Crippen LogP contribution >= 0.6 is 35.3 Å². The van der Waals surface area contributed by atoms with E-state index in [-0.39, 0.29) is 29.4 Å². The Morgan fingerprint density at radius 1 is 1.26 bits per heavy atom. The van der Waals surface area contributed by atoms with E-state index >= 15 is 0 Å². The van der Waals surface area contributed by atoms with Gasteiger partial charge in [-0.15, -0.1) is 35.3 Å². The number of aliphatic imine (C=N–C) groups is 1. The summed E-state index contributed by atoms with van der Waals surface area (Å²) in [7, 11) is 3.56. The first-order valence-corrected chi connectivity index (χ1v) is 9.90. The van der Waals surface area contributed by atoms with Crippen molar-refractivity contribution < 1.29 is 4.74 Å². The Bertz CT molecular complexity index is 767. The molecule has 148 valence electrons. The Balaban J connectivity index is 0.00000261. The van der Waals surface area contributed by atoms with Crippen molar-refractivity contribution in [1.82, 2.24) is 15.6 Å². The second-order valence-electron chi connectivity index (χ2n) is 6.83. The fourth-order valence-corrected chi connectivity index (χ4v) is 4.12. The SMILES string of the molecule is CN=C(NCCc1nc(C)c(C)s1)NCC1(c2ccccc2OC)CC1.I. The molecule has 1 aliphatic carbocycles. The summed E-state index contributed by atoms with van der Waals surface area (Å²) in [4.78, 5) is 10.2. The molecule has 1 saturated carbocycles. The van der Waals surface area contributed by atoms with Gasteiger partial charge in [0, 0.05) is 42.4 Å². The minimum atomic E-state index is 0. The molecule has 2 N–H and O–H groups in total. The van der Waals surface area contributed by atoms with Gasteiger partial charge in [0.1, 0.15) is 5.75 Å². The second kappa shape index (κ2) is 9.73. The van der Waals surface area contributed by atoms with Crippen molar-refractivity contribution in [3.8, 4) is 5.75 Å². The summed E-state index contributed by atoms with van der Waals surface area (Å²) in [5, 5.41) is 8.07. The lowest BCUT2D eigenvalue weighted by Gasteiger charge is -2.21. The zero-order valence-electron chi connectivity index (χ0n) is 16.5. The van der Waals surface area contributed by atoms with Gasteiger partial charge in [0.15, 0.2) is 5.96 Å². The minimum absolute atomic E-state index is 0. The smallest absolute Gasteiger partial charge is 0.191 e. The summed E-state index contributed by atoms with van der Waals surface area (Å²) < 4.78 is 5.55. The number of aryl methyl sites for hydroxylation is 2. The van der Waals surface area contributed by atoms with E-state index in [4.69, 9.17) is 4.74 Å². The molecule has 1 heterocycles. The molecule has 0 amide bonds. The van der Waals surface area contributed by atoms with Crippen LogP contribution in [0.5, 0.6) is 5.75 Å². The number of nitrogens with one attached hydrogen (secondary N) is 2. The Morgan fingerprint density at radius 2 is 2.00 bits per heavy atom. The molecule has 0 atom stereocenters. The number of halogens is 1. The third-order valence-electron chi connectivity index (χ3n) is 5.05. The average Bonchev–Trinajstić information content (AvgIpc) is 3.38. The van der Waals surface area contributed by atoms with Crippen LogP contribution in [0.2, 0.25) is 0 Å². The van der Waals surface area contributed by atoms with Gasteiger partial charge in [-0.05, 0) is 32.8 Å². The number of aromatic nitrogens is 1. The van der Waals surface area contributed by atoms with Crippen LogP contribution in [0, 0.1) is 13.8 Å². The van der Waals surface area contributed by atoms with Crippen LogP contribution < -0.4 is 15.4 Å². The lowest BCUT2D eigenvalue weighted by atomic mass is 9.95. The van der Waals surface area contributed by atoms with Gasteiger partial charge >= 0.3 is 0 Å². The van der Waals surface area contributed by atoms with E-state index in [2.05, 4.69) is 46.6 Å². The first-order valence-electron chi connectivity index (χ1n) is 9.09. The van der Waals surface area contributed by atoms with Gasteiger partial charge in [0.2, 0.25) is 0 Å². The molecule has 2 aromatic rings. The summed E-state index contributed by atoms with van der Waals surface area (Å²) >= 11 is 1.78. The van der Waals surface area contributed by atoms with Crippen LogP contribution in [-0.2, 0) is 11.8 Å². The topological polar surface area (TPSA) is 58.5 Å². The molecule has 0 saturated heterocycles. The number of ether oxygens (including phenoxy) is 1. The van der Waals surface area contributed by atoms with E-state index in [1.165, 1.54) is 28.3 Å². The van der Waals surface area contributed by atoms with Crippen LogP contribution in [0.15, 0.2) is 29.3 Å². The van der Waals surface area contributed by atoms with Crippen molar-refractivity contribution in [2.24, 2.45) is 4.99 Å². The Kier molecular flexibility index (Phi) is 7.91. The fourth-order valence-electron chi connectivity index (χ4n) is 3.18. The molecule has 0 bridgehead atoms. The monoisotopic (exact) mass is 500 g/mol. The van der Waals surface area contributed by atoms with Gasteiger partial charge in [0.25, 0.3) is 0 Å². The first-order chi connectivity index (χ1) is 12.6. The summed E-state index contributed by atoms with van der Waals surface area (Å²) in [6.07, 6.45) is 3.27. The van der Waals surface area contributed by atoms with E-state index in [9.17, 15) is 0 Å². The van der Waals surface area contributed by atoms with Crippen molar-refractivity contribution in [1.29, 1.82) is 0 Å². The molecule has 1 aliphatic rings. The maximum absolute atomic E-state index is 5.55. The number of rotatable bonds is 7. The Labute approximate surface area is 183 Å². The quantitative estimate of drug-likeness (QED) is 0.345. The van der Waals surface area contributed by atoms with E-state index in [0.29, 0.717) is 0 Å². The standard InChI is InChI=1S/C20H28N4OS.HI/c1-14-15(2)26-18(24-14)9-12-22-19(21-3)23-13-20(10-11-20)16-7-5-6-8-17(16)25-4;/h5-8H,9-13H2,1-4H3,(H2,21,22,23);1H. The molecule has 27 heavy (non-hydrogen) atoms. The zero-order valence-corrected chi connectivity index (χ0v) is 19.6. The molecule has 7 heteroatoms. The molecule has 5 nitrogen and oxygen atoms in total. The Morgan fingerprint density at radius 3 is 2.59 bits per heavy atom. The van der Waals surface area contributed by atoms with Crippen molar-refractivity contribution in [3.63, 3.8) is 0 Å². The van der Waals surface area contributed by atoms with E-state index < -0.39 is 0 Å². The van der Waals surface area contributed by atoms with Gasteiger partial charge in [-0.2, -0.15) is 0 Å². The van der Waals surface area contributed by atoms with E-state index in [1.807, 2.05) is 19.2 Å². The molecule has 0 spiro atoms. The molecular formula is C20H29IN4OS. The summed E-state index contributed by atoms with van der Waals surface area (Å²) in [6.45, 7) is 5.88. The lowest BCUT2D eigenvalue weighted by Crippen LogP contribution is -2.42. The van der Waals surface area contributed by atoms with E-state index in [0.717, 1.165) is 36.9 Å². The molecule has 1 aromatic heterocycles. The number of methoxy groups -OCH3 is 1. The van der Waals surface area contributed by atoms with Crippen LogP contribution in [0.3, 0.4) is 0 Å². The molecule has 3 rings (SSSR count). The highest BCUT2D eigenvalue weighted by Crippen LogP contribution is 2.50. The largest absolute Gasteiger partial charge is 0.496 e. The minimum Gasteiger partial charge on any atom is -0.496 e. The average molecular weight is 500 g/mol. The van der Waals surface area contributed by atoms with Gasteiger partial charge < -0.3 is 15.4 Å². The number of hydrogen-bond donors (Lipinski definition) is 2. The van der Waals surface area contributed by atoms with Crippen molar-refractivity contribution in [2.45, 2.75) is 38.5 Å². The number of guanidine groups is 1. The highest BCUT2D eigenvalue weighted by molar-refractivity contribution is 14.0. The van der Waals surface area contributed by atoms with Crippen LogP contribution in [0.4, 0.5) is 0 Å². The second-order valence-corrected chi connectivity index (χ2v) is 8.12. The number of nitrogens with zero attached hydrogens (tertiary/aromatic N) is 2. The Hall–Kier alpha value is -1.35. The third kappa shape index (κ3) is 5.34. The first kappa shape index (κ1) is 21.9. The lowest BCUT2D eigenvalue weighted by molar-refractivity contribution is 0.403. The van der Waals surface area contributed by atoms with Crippen molar-refractivity contribution in [2.75, 3.05) is 27.2 Å². The molecular weight excluding hydrogens is 471 g/mol. The van der Waals surface area contributed by atoms with Gasteiger partial charge in [-0.25, -0.2) is 4.98 Å². The van der Waals surface area contributed by atoms with Gasteiger partial charge in [-0.3, -0.25) is 4.99 Å². The predicted octanol–water partition coefficient (Wildman–Crippen LogP) is 3.83. The molecule has 1 aromatic carbocycles. The van der Waals surface area contributed by atoms with Gasteiger partial charge in [0.05, 0.1) is 17.8 Å². The van der Waals surface area contributed by atoms with Crippen molar-refractivity contribution in [3.05, 3.63) is 45.4 Å². The van der Waals surface area contributed by atoms with Crippen molar-refractivity contribution >= 4 is 41.3 Å². The maximum Gasteiger partial charge on any atom is 0.191 e. The van der Waals surface area contributed by atoms with Crippen LogP contribution in [0.1, 0.15) is 34.0 Å². The predicted molar refractivity (Wildman–Crippen MR) is 124 cm³/mol. The normalized spacial score (nSPS) is 15.0. The zero-order chi connectivity index (χ0) is 18.6. The van der Waals surface area contributed by atoms with Gasteiger partial charge in [-0.1, -0.05) is 18.2 Å². The molecule has 0 unspecified atom stereocenters. The highest BCUT2D eigenvalue weighted by Gasteiger charge is 2.46. The number of para-hydroxylation sites is 1. The van der Waals surface area contributed by atoms with Crippen LogP contribution in [0.25, 0.3) is 0 Å². The third-order valence-corrected chi connectivity index (χ3v) is 6.19. The number of hydrogen-bond acceptors (Lipinski definition) is 4. The summed E-state index contributed by atoms with van der Waals surface area (Å²) in [5.74, 6) is 1.82. The van der Waals surface area contributed by atoms with E-state index in [1.54, 1.807) is 18.4 Å². The van der Waals surface area contributed by atoms with Crippen LogP contribution in [-0.4, -0.2) is 38.2 Å². The molecule has 0 aliphatic heterocycles. The molecule has 0 radical (unpaired) electrons. The highest BCUT2D eigenvalue weighted by atomic mass is 127. The molecule has 1 fully saturated rings.